The average Bonchev–Trinajstić information content (AvgIpc) is 2.87. The van der Waals surface area contributed by atoms with E-state index in [-0.39, 0.29) is 17.7 Å². The zero-order chi connectivity index (χ0) is 23.3. The van der Waals surface area contributed by atoms with Crippen LogP contribution in [0.4, 0.5) is 5.69 Å². The van der Waals surface area contributed by atoms with E-state index < -0.39 is 22.4 Å². The quantitative estimate of drug-likeness (QED) is 0.350. The monoisotopic (exact) mass is 430 g/mol. The third-order valence-corrected chi connectivity index (χ3v) is 5.26. The zero-order valence-electron chi connectivity index (χ0n) is 19.4. The second kappa shape index (κ2) is 7.67. The fourth-order valence-corrected chi connectivity index (χ4v) is 3.84. The lowest BCUT2D eigenvalue weighted by Crippen LogP contribution is -2.35. The number of nitrogen functional groups attached to an aromatic ring is 1. The van der Waals surface area contributed by atoms with Gasteiger partial charge in [-0.05, 0) is 33.8 Å². The SMILES string of the molecule is Cc1c(N)c2c(OCC(=O)OC(C)(C)C)c3c(=O)c(=O)c3cc2n1CCC[N+](C)(C)C. The molecule has 8 nitrogen and oxygen atoms in total. The van der Waals surface area contributed by atoms with Crippen LogP contribution in [0.25, 0.3) is 21.7 Å². The Morgan fingerprint density at radius 2 is 1.77 bits per heavy atom. The molecule has 2 N–H and O–H groups in total. The number of aromatic nitrogens is 1. The van der Waals surface area contributed by atoms with Crippen molar-refractivity contribution in [1.82, 2.24) is 4.57 Å². The minimum absolute atomic E-state index is 0.189. The number of nitrogens with two attached hydrogens (primary N) is 1. The van der Waals surface area contributed by atoms with E-state index in [4.69, 9.17) is 15.2 Å². The van der Waals surface area contributed by atoms with Crippen molar-refractivity contribution in [3.63, 3.8) is 0 Å². The van der Waals surface area contributed by atoms with Crippen molar-refractivity contribution >= 4 is 33.3 Å². The van der Waals surface area contributed by atoms with Gasteiger partial charge in [0, 0.05) is 24.0 Å². The van der Waals surface area contributed by atoms with Gasteiger partial charge in [0.15, 0.2) is 6.61 Å². The number of ether oxygens (including phenoxy) is 2. The van der Waals surface area contributed by atoms with Crippen molar-refractivity contribution in [2.24, 2.45) is 0 Å². The van der Waals surface area contributed by atoms with E-state index >= 15 is 0 Å². The smallest absolute Gasteiger partial charge is 0.344 e. The molecule has 0 bridgehead atoms. The number of quaternary nitrogens is 1. The van der Waals surface area contributed by atoms with Gasteiger partial charge in [-0.1, -0.05) is 0 Å². The number of benzene rings is 1. The van der Waals surface area contributed by atoms with Gasteiger partial charge in [-0.25, -0.2) is 4.79 Å². The van der Waals surface area contributed by atoms with Gasteiger partial charge in [0.25, 0.3) is 0 Å². The molecule has 0 saturated heterocycles. The Bertz CT molecular complexity index is 1230. The predicted octanol–water partition coefficient (Wildman–Crippen LogP) is 2.10. The van der Waals surface area contributed by atoms with E-state index in [2.05, 4.69) is 25.7 Å². The molecule has 0 spiro atoms. The summed E-state index contributed by atoms with van der Waals surface area (Å²) in [4.78, 5) is 36.6. The highest BCUT2D eigenvalue weighted by molar-refractivity contribution is 6.11. The topological polar surface area (TPSA) is 101 Å². The van der Waals surface area contributed by atoms with Crippen LogP contribution in [0.2, 0.25) is 0 Å². The molecule has 168 valence electrons. The Kier molecular flexibility index (Phi) is 5.65. The van der Waals surface area contributed by atoms with Crippen LogP contribution in [0, 0.1) is 6.92 Å². The second-order valence-electron chi connectivity index (χ2n) is 10.1. The van der Waals surface area contributed by atoms with Crippen molar-refractivity contribution in [3.05, 3.63) is 32.2 Å². The largest absolute Gasteiger partial charge is 0.480 e. The summed E-state index contributed by atoms with van der Waals surface area (Å²) in [6, 6.07) is 1.71. The predicted molar refractivity (Wildman–Crippen MR) is 122 cm³/mol. The molecule has 0 aliphatic rings. The van der Waals surface area contributed by atoms with E-state index in [1.165, 1.54) is 0 Å². The number of carbonyl (C=O) groups is 1. The number of hydrogen-bond donors (Lipinski definition) is 1. The first kappa shape index (κ1) is 22.8. The molecule has 0 amide bonds. The number of hydrogen-bond acceptors (Lipinski definition) is 6. The molecular formula is C23H32N3O5+. The zero-order valence-corrected chi connectivity index (χ0v) is 19.4. The van der Waals surface area contributed by atoms with Crippen LogP contribution in [-0.4, -0.2) is 54.9 Å². The van der Waals surface area contributed by atoms with Crippen LogP contribution in [-0.2, 0) is 16.1 Å². The normalized spacial score (nSPS) is 12.7. The Morgan fingerprint density at radius 1 is 1.13 bits per heavy atom. The number of rotatable bonds is 7. The number of anilines is 1. The lowest BCUT2D eigenvalue weighted by atomic mass is 10.0. The molecule has 0 unspecified atom stereocenters. The highest BCUT2D eigenvalue weighted by atomic mass is 16.6. The average molecular weight is 431 g/mol. The van der Waals surface area contributed by atoms with Crippen LogP contribution in [0.15, 0.2) is 15.7 Å². The first-order valence-electron chi connectivity index (χ1n) is 10.4. The van der Waals surface area contributed by atoms with Gasteiger partial charge in [0.05, 0.1) is 49.7 Å². The lowest BCUT2D eigenvalue weighted by molar-refractivity contribution is -0.870. The van der Waals surface area contributed by atoms with Crippen molar-refractivity contribution in [1.29, 1.82) is 0 Å². The Balaban J connectivity index is 2.06. The number of esters is 1. The standard InChI is InChI=1S/C23H32N3O5/c1-13-19(24)18-15(25(13)9-8-10-26(5,6)7)11-14-17(21(29)20(14)28)22(18)30-12-16(27)31-23(2,3)4/h11H,8-10,12,24H2,1-7H3/q+1. The fraction of sp³-hybridized carbons (Fsp3) is 0.522. The summed E-state index contributed by atoms with van der Waals surface area (Å²) in [5.41, 5.74) is 6.64. The van der Waals surface area contributed by atoms with Crippen LogP contribution in [0.1, 0.15) is 32.9 Å². The number of nitrogens with zero attached hydrogens (tertiary/aromatic N) is 2. The third-order valence-electron chi connectivity index (χ3n) is 5.26. The Morgan fingerprint density at radius 3 is 2.35 bits per heavy atom. The lowest BCUT2D eigenvalue weighted by Gasteiger charge is -2.24. The fourth-order valence-electron chi connectivity index (χ4n) is 3.84. The molecule has 1 heterocycles. The van der Waals surface area contributed by atoms with Crippen LogP contribution in [0.3, 0.4) is 0 Å². The molecule has 3 aromatic rings. The Hall–Kier alpha value is -2.87. The summed E-state index contributed by atoms with van der Waals surface area (Å²) in [7, 11) is 6.39. The summed E-state index contributed by atoms with van der Waals surface area (Å²) < 4.78 is 14.0. The van der Waals surface area contributed by atoms with Crippen molar-refractivity contribution in [3.8, 4) is 5.75 Å². The molecule has 0 atom stereocenters. The summed E-state index contributed by atoms with van der Waals surface area (Å²) in [5, 5.41) is 1.06. The van der Waals surface area contributed by atoms with Crippen LogP contribution >= 0.6 is 0 Å². The first-order chi connectivity index (χ1) is 14.2. The first-order valence-corrected chi connectivity index (χ1v) is 10.4. The molecular weight excluding hydrogens is 398 g/mol. The molecule has 0 saturated carbocycles. The molecule has 3 rings (SSSR count). The summed E-state index contributed by atoms with van der Waals surface area (Å²) in [6.45, 7) is 8.48. The van der Waals surface area contributed by atoms with Gasteiger partial charge in [-0.2, -0.15) is 0 Å². The minimum atomic E-state index is -0.659. The molecule has 0 radical (unpaired) electrons. The van der Waals surface area contributed by atoms with E-state index in [1.54, 1.807) is 26.8 Å². The third kappa shape index (κ3) is 4.44. The number of carbonyl (C=O) groups excluding carboxylic acids is 1. The summed E-state index contributed by atoms with van der Waals surface area (Å²) in [5.74, 6) is -0.372. The highest BCUT2D eigenvalue weighted by Crippen LogP contribution is 2.40. The molecule has 0 aliphatic heterocycles. The van der Waals surface area contributed by atoms with Gasteiger partial charge in [-0.3, -0.25) is 9.59 Å². The molecule has 31 heavy (non-hydrogen) atoms. The van der Waals surface area contributed by atoms with Crippen LogP contribution < -0.4 is 21.3 Å². The van der Waals surface area contributed by atoms with Gasteiger partial charge in [0.2, 0.25) is 10.9 Å². The van der Waals surface area contributed by atoms with Crippen molar-refractivity contribution < 1.29 is 18.8 Å². The van der Waals surface area contributed by atoms with Crippen molar-refractivity contribution in [2.75, 3.05) is 40.0 Å². The molecule has 0 aliphatic carbocycles. The van der Waals surface area contributed by atoms with E-state index in [0.717, 1.165) is 28.7 Å². The van der Waals surface area contributed by atoms with Gasteiger partial charge in [-0.15, -0.1) is 0 Å². The minimum Gasteiger partial charge on any atom is -0.480 e. The molecule has 0 fully saturated rings. The maximum absolute atomic E-state index is 12.3. The van der Waals surface area contributed by atoms with E-state index in [9.17, 15) is 14.4 Å². The number of fused-ring (bicyclic) bond motifs is 2. The molecule has 2 aromatic carbocycles. The summed E-state index contributed by atoms with van der Waals surface area (Å²) >= 11 is 0. The van der Waals surface area contributed by atoms with E-state index in [0.29, 0.717) is 23.0 Å². The maximum atomic E-state index is 12.3. The Labute approximate surface area is 181 Å². The highest BCUT2D eigenvalue weighted by Gasteiger charge is 2.27. The van der Waals surface area contributed by atoms with Gasteiger partial charge in [0.1, 0.15) is 11.4 Å². The second-order valence-corrected chi connectivity index (χ2v) is 10.1. The van der Waals surface area contributed by atoms with Crippen LogP contribution in [0.5, 0.6) is 5.75 Å². The van der Waals surface area contributed by atoms with Gasteiger partial charge < -0.3 is 24.3 Å². The molecule has 8 heteroatoms. The number of aryl methyl sites for hydroxylation is 1. The molecule has 1 aromatic heterocycles. The summed E-state index contributed by atoms with van der Waals surface area (Å²) in [6.07, 6.45) is 0.908. The van der Waals surface area contributed by atoms with Gasteiger partial charge >= 0.3 is 5.97 Å². The van der Waals surface area contributed by atoms with E-state index in [1.807, 2.05) is 6.92 Å². The van der Waals surface area contributed by atoms with Crippen molar-refractivity contribution in [2.45, 2.75) is 46.3 Å². The maximum Gasteiger partial charge on any atom is 0.344 e.